The van der Waals surface area contributed by atoms with Gasteiger partial charge >= 0.3 is 0 Å². The van der Waals surface area contributed by atoms with Crippen LogP contribution in [0.15, 0.2) is 11.8 Å². The standard InChI is InChI=1S/C11H22Si/c1-3-4-5-6-7-9-12(2)10-8-11-12/h7,9H,3-6,8,10-11H2,1-2H3/b9-7+. The molecule has 1 heteroatoms. The van der Waals surface area contributed by atoms with Crippen LogP contribution < -0.4 is 0 Å². The molecule has 0 radical (unpaired) electrons. The largest absolute Gasteiger partial charge is 0.0984 e. The lowest BCUT2D eigenvalue weighted by atomic mass is 10.2. The van der Waals surface area contributed by atoms with Crippen molar-refractivity contribution in [3.05, 3.63) is 11.8 Å². The molecule has 12 heavy (non-hydrogen) atoms. The molecule has 0 unspecified atom stereocenters. The minimum absolute atomic E-state index is 0.737. The predicted molar refractivity (Wildman–Crippen MR) is 59.1 cm³/mol. The van der Waals surface area contributed by atoms with Crippen molar-refractivity contribution in [3.8, 4) is 0 Å². The van der Waals surface area contributed by atoms with Crippen LogP contribution in [0.3, 0.4) is 0 Å². The quantitative estimate of drug-likeness (QED) is 0.443. The van der Waals surface area contributed by atoms with Crippen molar-refractivity contribution in [1.29, 1.82) is 0 Å². The van der Waals surface area contributed by atoms with Crippen LogP contribution >= 0.6 is 0 Å². The fraction of sp³-hybridized carbons (Fsp3) is 0.818. The second kappa shape index (κ2) is 4.86. The maximum atomic E-state index is 2.59. The molecule has 0 nitrogen and oxygen atoms in total. The monoisotopic (exact) mass is 182 g/mol. The second-order valence-electron chi connectivity index (χ2n) is 4.41. The minimum Gasteiger partial charge on any atom is -0.0984 e. The van der Waals surface area contributed by atoms with Crippen LogP contribution in [0.1, 0.15) is 39.0 Å². The Morgan fingerprint density at radius 3 is 2.50 bits per heavy atom. The third-order valence-corrected chi connectivity index (χ3v) is 7.02. The van der Waals surface area contributed by atoms with Crippen LogP contribution in [0.5, 0.6) is 0 Å². The highest BCUT2D eigenvalue weighted by Gasteiger charge is 2.30. The summed E-state index contributed by atoms with van der Waals surface area (Å²) in [5.74, 6) is 0. The maximum Gasteiger partial charge on any atom is 0.0743 e. The highest BCUT2D eigenvalue weighted by Crippen LogP contribution is 2.33. The molecule has 0 saturated carbocycles. The fourth-order valence-electron chi connectivity index (χ4n) is 1.78. The zero-order valence-electron chi connectivity index (χ0n) is 8.60. The molecule has 0 aromatic rings. The van der Waals surface area contributed by atoms with Gasteiger partial charge < -0.3 is 0 Å². The molecule has 1 saturated heterocycles. The molecule has 1 rings (SSSR count). The molecule has 0 aromatic carbocycles. The van der Waals surface area contributed by atoms with Gasteiger partial charge in [-0.05, 0) is 12.8 Å². The first-order valence-electron chi connectivity index (χ1n) is 5.44. The van der Waals surface area contributed by atoms with Gasteiger partial charge in [0.05, 0.1) is 8.07 Å². The summed E-state index contributed by atoms with van der Waals surface area (Å²) in [5.41, 5.74) is 2.59. The summed E-state index contributed by atoms with van der Waals surface area (Å²) in [6, 6.07) is 3.11. The van der Waals surface area contributed by atoms with E-state index in [1.165, 1.54) is 32.1 Å². The van der Waals surface area contributed by atoms with Gasteiger partial charge in [-0.2, -0.15) is 0 Å². The smallest absolute Gasteiger partial charge is 0.0743 e. The van der Waals surface area contributed by atoms with Crippen molar-refractivity contribution in [2.24, 2.45) is 0 Å². The van der Waals surface area contributed by atoms with E-state index in [1.54, 1.807) is 12.1 Å². The van der Waals surface area contributed by atoms with E-state index in [-0.39, 0.29) is 0 Å². The third kappa shape index (κ3) is 3.14. The van der Waals surface area contributed by atoms with Gasteiger partial charge in [-0.15, -0.1) is 0 Å². The molecule has 70 valence electrons. The van der Waals surface area contributed by atoms with E-state index in [9.17, 15) is 0 Å². The molecule has 1 aliphatic heterocycles. The molecule has 1 fully saturated rings. The molecule has 0 N–H and O–H groups in total. The van der Waals surface area contributed by atoms with Crippen LogP contribution in [0.4, 0.5) is 0 Å². The van der Waals surface area contributed by atoms with Gasteiger partial charge in [0.2, 0.25) is 0 Å². The highest BCUT2D eigenvalue weighted by atomic mass is 28.3. The van der Waals surface area contributed by atoms with Crippen LogP contribution in [0, 0.1) is 0 Å². The average molecular weight is 182 g/mol. The Kier molecular flexibility index (Phi) is 4.06. The first-order chi connectivity index (χ1) is 5.77. The van der Waals surface area contributed by atoms with E-state index in [4.69, 9.17) is 0 Å². The Hall–Kier alpha value is -0.0431. The Morgan fingerprint density at radius 2 is 2.00 bits per heavy atom. The Labute approximate surface area is 78.1 Å². The summed E-state index contributed by atoms with van der Waals surface area (Å²) in [6.07, 6.45) is 9.45. The highest BCUT2D eigenvalue weighted by molar-refractivity contribution is 6.85. The maximum absolute atomic E-state index is 2.59. The topological polar surface area (TPSA) is 0 Å². The van der Waals surface area contributed by atoms with Gasteiger partial charge in [-0.1, -0.05) is 56.6 Å². The lowest BCUT2D eigenvalue weighted by molar-refractivity contribution is 0.729. The van der Waals surface area contributed by atoms with E-state index in [1.807, 2.05) is 0 Å². The Bertz CT molecular complexity index is 145. The van der Waals surface area contributed by atoms with Gasteiger partial charge in [0.1, 0.15) is 0 Å². The predicted octanol–water partition coefficient (Wildman–Crippen LogP) is 4.14. The molecule has 1 aliphatic rings. The molecule has 0 spiro atoms. The van der Waals surface area contributed by atoms with Gasteiger partial charge in [-0.25, -0.2) is 0 Å². The summed E-state index contributed by atoms with van der Waals surface area (Å²) in [4.78, 5) is 0. The zero-order valence-corrected chi connectivity index (χ0v) is 9.60. The first kappa shape index (κ1) is 10.0. The van der Waals surface area contributed by atoms with E-state index >= 15 is 0 Å². The van der Waals surface area contributed by atoms with Crippen molar-refractivity contribution in [2.75, 3.05) is 0 Å². The molecule has 1 heterocycles. The minimum atomic E-state index is -0.737. The molecule has 0 aromatic heterocycles. The normalized spacial score (nSPS) is 21.2. The van der Waals surface area contributed by atoms with Crippen LogP contribution in [0.25, 0.3) is 0 Å². The van der Waals surface area contributed by atoms with E-state index in [0.717, 1.165) is 0 Å². The summed E-state index contributed by atoms with van der Waals surface area (Å²) in [7, 11) is -0.737. The van der Waals surface area contributed by atoms with Gasteiger partial charge in [0.25, 0.3) is 0 Å². The third-order valence-electron chi connectivity index (χ3n) is 2.99. The summed E-state index contributed by atoms with van der Waals surface area (Å²) in [6.45, 7) is 4.79. The molecular formula is C11H22Si. The van der Waals surface area contributed by atoms with E-state index < -0.39 is 8.07 Å². The molecule has 0 bridgehead atoms. The zero-order chi connectivity index (χ0) is 8.86. The summed E-state index contributed by atoms with van der Waals surface area (Å²) >= 11 is 0. The van der Waals surface area contributed by atoms with E-state index in [0.29, 0.717) is 0 Å². The lowest BCUT2D eigenvalue weighted by Gasteiger charge is -2.32. The van der Waals surface area contributed by atoms with Crippen molar-refractivity contribution >= 4 is 8.07 Å². The molecule has 0 amide bonds. The average Bonchev–Trinajstić information content (AvgIpc) is 2.01. The van der Waals surface area contributed by atoms with Crippen molar-refractivity contribution < 1.29 is 0 Å². The van der Waals surface area contributed by atoms with Gasteiger partial charge in [0.15, 0.2) is 0 Å². The van der Waals surface area contributed by atoms with Crippen molar-refractivity contribution in [3.63, 3.8) is 0 Å². The SMILES string of the molecule is CCCCC/C=C/[Si]1(C)CCC1. The van der Waals surface area contributed by atoms with Gasteiger partial charge in [-0.3, -0.25) is 0 Å². The number of hydrogen-bond acceptors (Lipinski definition) is 0. The molecule has 0 aliphatic carbocycles. The molecule has 0 atom stereocenters. The lowest BCUT2D eigenvalue weighted by Crippen LogP contribution is -2.35. The van der Waals surface area contributed by atoms with Crippen LogP contribution in [-0.2, 0) is 0 Å². The van der Waals surface area contributed by atoms with E-state index in [2.05, 4.69) is 25.2 Å². The van der Waals surface area contributed by atoms with Crippen molar-refractivity contribution in [1.82, 2.24) is 0 Å². The number of unbranched alkanes of at least 4 members (excludes halogenated alkanes) is 3. The fourth-order valence-corrected chi connectivity index (χ4v) is 4.32. The number of rotatable bonds is 5. The second-order valence-corrected chi connectivity index (χ2v) is 9.05. The number of allylic oxidation sites excluding steroid dienone is 1. The van der Waals surface area contributed by atoms with Crippen molar-refractivity contribution in [2.45, 2.75) is 57.7 Å². The first-order valence-corrected chi connectivity index (χ1v) is 8.44. The van der Waals surface area contributed by atoms with Crippen LogP contribution in [0.2, 0.25) is 18.6 Å². The van der Waals surface area contributed by atoms with Gasteiger partial charge in [0, 0.05) is 0 Å². The summed E-state index contributed by atoms with van der Waals surface area (Å²) in [5, 5.41) is 0. The molecular weight excluding hydrogens is 160 g/mol. The van der Waals surface area contributed by atoms with Crippen LogP contribution in [-0.4, -0.2) is 8.07 Å². The summed E-state index contributed by atoms with van der Waals surface area (Å²) < 4.78 is 0. The Morgan fingerprint density at radius 1 is 1.25 bits per heavy atom. The number of hydrogen-bond donors (Lipinski definition) is 0. The Balaban J connectivity index is 2.05.